The van der Waals surface area contributed by atoms with E-state index in [0.29, 0.717) is 11.9 Å². The van der Waals surface area contributed by atoms with Crippen LogP contribution in [0.15, 0.2) is 24.4 Å². The second kappa shape index (κ2) is 10.1. The molecule has 1 aromatic heterocycles. The fourth-order valence-electron chi connectivity index (χ4n) is 3.86. The van der Waals surface area contributed by atoms with Crippen LogP contribution in [0, 0.1) is 12.3 Å². The molecule has 2 heterocycles. The van der Waals surface area contributed by atoms with E-state index in [4.69, 9.17) is 8.92 Å². The third-order valence-electron chi connectivity index (χ3n) is 6.14. The summed E-state index contributed by atoms with van der Waals surface area (Å²) in [4.78, 5) is 17.0. The molecule has 0 N–H and O–H groups in total. The molecule has 1 aliphatic rings. The molecular formula is C24H37N3O5S. The van der Waals surface area contributed by atoms with Gasteiger partial charge in [0, 0.05) is 31.2 Å². The average molecular weight is 480 g/mol. The lowest BCUT2D eigenvalue weighted by Crippen LogP contribution is -2.40. The Kier molecular flexibility index (Phi) is 7.88. The Morgan fingerprint density at radius 3 is 2.52 bits per heavy atom. The normalized spacial score (nSPS) is 16.6. The van der Waals surface area contributed by atoms with E-state index in [9.17, 15) is 13.2 Å². The molecule has 0 spiro atoms. The maximum Gasteiger partial charge on any atom is 0.366 e. The maximum atomic E-state index is 13.2. The van der Waals surface area contributed by atoms with Crippen LogP contribution in [0.3, 0.4) is 0 Å². The first kappa shape index (κ1) is 25.7. The number of ether oxygens (including phenoxy) is 1. The van der Waals surface area contributed by atoms with Crippen molar-refractivity contribution in [1.82, 2.24) is 13.8 Å². The number of hydrogen-bond acceptors (Lipinski definition) is 7. The molecule has 0 atom stereocenters. The largest absolute Gasteiger partial charge is 0.462 e. The summed E-state index contributed by atoms with van der Waals surface area (Å²) in [5.41, 5.74) is 1.48. The van der Waals surface area contributed by atoms with E-state index in [0.717, 1.165) is 49.0 Å². The molecule has 0 aliphatic carbocycles. The van der Waals surface area contributed by atoms with Crippen LogP contribution in [-0.2, 0) is 30.4 Å². The number of carbonyl (C=O) groups is 1. The summed E-state index contributed by atoms with van der Waals surface area (Å²) >= 11 is 0. The molecule has 0 saturated carbocycles. The quantitative estimate of drug-likeness (QED) is 0.512. The van der Waals surface area contributed by atoms with E-state index in [2.05, 4.69) is 9.80 Å². The van der Waals surface area contributed by atoms with Gasteiger partial charge in [-0.1, -0.05) is 11.6 Å². The molecule has 33 heavy (non-hydrogen) atoms. The molecule has 8 nitrogen and oxygen atoms in total. The highest BCUT2D eigenvalue weighted by molar-refractivity contribution is 7.85. The van der Waals surface area contributed by atoms with Gasteiger partial charge in [-0.2, -0.15) is 8.42 Å². The van der Waals surface area contributed by atoms with Crippen LogP contribution in [-0.4, -0.2) is 81.6 Å². The van der Waals surface area contributed by atoms with E-state index in [1.165, 1.54) is 3.97 Å². The molecule has 0 unspecified atom stereocenters. The molecule has 1 fully saturated rings. The van der Waals surface area contributed by atoms with Gasteiger partial charge in [0.05, 0.1) is 17.5 Å². The smallest absolute Gasteiger partial charge is 0.366 e. The molecule has 0 amide bonds. The van der Waals surface area contributed by atoms with Crippen LogP contribution in [0.5, 0.6) is 0 Å². The lowest BCUT2D eigenvalue weighted by molar-refractivity contribution is -0.163. The predicted molar refractivity (Wildman–Crippen MR) is 130 cm³/mol. The summed E-state index contributed by atoms with van der Waals surface area (Å²) in [6.07, 6.45) is 3.76. The predicted octanol–water partition coefficient (Wildman–Crippen LogP) is 2.83. The third kappa shape index (κ3) is 6.35. The highest BCUT2D eigenvalue weighted by Crippen LogP contribution is 2.27. The molecular weight excluding hydrogens is 442 g/mol. The van der Waals surface area contributed by atoms with Gasteiger partial charge in [0.25, 0.3) is 0 Å². The molecule has 0 bridgehead atoms. The van der Waals surface area contributed by atoms with Crippen molar-refractivity contribution in [3.8, 4) is 0 Å². The number of nitrogens with zero attached hydrogens (tertiary/aromatic N) is 3. The lowest BCUT2D eigenvalue weighted by Gasteiger charge is -2.31. The molecule has 1 aliphatic heterocycles. The number of fused-ring (bicyclic) bond motifs is 1. The van der Waals surface area contributed by atoms with Crippen molar-refractivity contribution in [3.05, 3.63) is 35.5 Å². The molecule has 2 aromatic rings. The summed E-state index contributed by atoms with van der Waals surface area (Å²) < 4.78 is 38.6. The van der Waals surface area contributed by atoms with Crippen LogP contribution >= 0.6 is 0 Å². The molecule has 9 heteroatoms. The summed E-state index contributed by atoms with van der Waals surface area (Å²) in [5, 5.41) is 0.893. The zero-order valence-electron chi connectivity index (χ0n) is 20.6. The first-order chi connectivity index (χ1) is 15.4. The van der Waals surface area contributed by atoms with E-state index in [1.807, 2.05) is 40.2 Å². The second-order valence-electron chi connectivity index (χ2n) is 10.0. The van der Waals surface area contributed by atoms with Crippen LogP contribution in [0.1, 0.15) is 37.8 Å². The number of esters is 1. The lowest BCUT2D eigenvalue weighted by atomic mass is 9.95. The minimum atomic E-state index is -4.14. The summed E-state index contributed by atoms with van der Waals surface area (Å²) in [6, 6.07) is 5.67. The topological polar surface area (TPSA) is 81.1 Å². The highest BCUT2D eigenvalue weighted by Gasteiger charge is 2.35. The number of aromatic nitrogens is 1. The number of likely N-dealkylation sites (tertiary alicyclic amines) is 1. The van der Waals surface area contributed by atoms with E-state index >= 15 is 0 Å². The number of rotatable bonds is 9. The standard InChI is InChI=1S/C24H37N3O5S/c1-18-7-8-22-21(15-18)19(9-12-25(4)5)16-27(22)33(29,30)31-17-24(2,3)23(28)32-20-10-13-26(6)14-11-20/h7-8,15-16,20H,9-14,17H2,1-6H3. The van der Waals surface area contributed by atoms with Gasteiger partial charge in [-0.3, -0.25) is 8.98 Å². The molecule has 0 radical (unpaired) electrons. The SMILES string of the molecule is Cc1ccc2c(c1)c(CCN(C)C)cn2S(=O)(=O)OCC(C)(C)C(=O)OC1CCN(C)CC1. The van der Waals surface area contributed by atoms with Crippen molar-refractivity contribution in [2.24, 2.45) is 5.41 Å². The fraction of sp³-hybridized carbons (Fsp3) is 0.625. The first-order valence-corrected chi connectivity index (χ1v) is 12.8. The Bertz CT molecular complexity index is 1080. The number of likely N-dealkylation sites (N-methyl/N-ethyl adjacent to an activating group) is 1. The van der Waals surface area contributed by atoms with Gasteiger partial charge in [-0.15, -0.1) is 0 Å². The zero-order chi connectivity index (χ0) is 24.4. The Hall–Kier alpha value is -1.94. The van der Waals surface area contributed by atoms with Crippen LogP contribution < -0.4 is 0 Å². The first-order valence-electron chi connectivity index (χ1n) is 11.4. The van der Waals surface area contributed by atoms with Crippen molar-refractivity contribution in [2.45, 2.75) is 46.1 Å². The Morgan fingerprint density at radius 2 is 1.88 bits per heavy atom. The van der Waals surface area contributed by atoms with Crippen molar-refractivity contribution in [2.75, 3.05) is 47.4 Å². The summed E-state index contributed by atoms with van der Waals surface area (Å²) in [5.74, 6) is -0.438. The third-order valence-corrected chi connectivity index (χ3v) is 7.34. The van der Waals surface area contributed by atoms with Crippen molar-refractivity contribution < 1.29 is 22.1 Å². The van der Waals surface area contributed by atoms with Crippen molar-refractivity contribution in [3.63, 3.8) is 0 Å². The summed E-state index contributed by atoms with van der Waals surface area (Å²) in [7, 11) is 1.87. The average Bonchev–Trinajstić information content (AvgIpc) is 3.11. The van der Waals surface area contributed by atoms with Gasteiger partial charge in [-0.05, 0) is 78.9 Å². The van der Waals surface area contributed by atoms with Crippen LogP contribution in [0.2, 0.25) is 0 Å². The molecule has 1 saturated heterocycles. The maximum absolute atomic E-state index is 13.2. The summed E-state index contributed by atoms with van der Waals surface area (Å²) in [6.45, 7) is 7.54. The van der Waals surface area contributed by atoms with Gasteiger partial charge in [0.15, 0.2) is 0 Å². The van der Waals surface area contributed by atoms with Gasteiger partial charge in [0.1, 0.15) is 6.10 Å². The van der Waals surface area contributed by atoms with Crippen LogP contribution in [0.25, 0.3) is 10.9 Å². The minimum Gasteiger partial charge on any atom is -0.462 e. The van der Waals surface area contributed by atoms with Gasteiger partial charge in [0.2, 0.25) is 0 Å². The Balaban J connectivity index is 1.75. The van der Waals surface area contributed by atoms with Crippen LogP contribution in [0.4, 0.5) is 0 Å². The number of piperidine rings is 1. The number of aryl methyl sites for hydroxylation is 1. The Labute approximate surface area is 197 Å². The van der Waals surface area contributed by atoms with Crippen molar-refractivity contribution >= 4 is 27.2 Å². The molecule has 1 aromatic carbocycles. The number of hydrogen-bond donors (Lipinski definition) is 0. The molecule has 3 rings (SSSR count). The van der Waals surface area contributed by atoms with Crippen molar-refractivity contribution in [1.29, 1.82) is 0 Å². The zero-order valence-corrected chi connectivity index (χ0v) is 21.4. The van der Waals surface area contributed by atoms with E-state index in [-0.39, 0.29) is 12.7 Å². The number of carbonyl (C=O) groups excluding carboxylic acids is 1. The second-order valence-corrected chi connectivity index (χ2v) is 11.5. The number of benzene rings is 1. The van der Waals surface area contributed by atoms with Gasteiger partial charge < -0.3 is 14.5 Å². The fourth-order valence-corrected chi connectivity index (χ4v) is 5.07. The minimum absolute atomic E-state index is 0.138. The monoisotopic (exact) mass is 479 g/mol. The van der Waals surface area contributed by atoms with Gasteiger partial charge >= 0.3 is 16.3 Å². The van der Waals surface area contributed by atoms with Gasteiger partial charge in [-0.25, -0.2) is 3.97 Å². The molecule has 184 valence electrons. The Morgan fingerprint density at radius 1 is 1.21 bits per heavy atom. The van der Waals surface area contributed by atoms with E-state index in [1.54, 1.807) is 26.1 Å². The van der Waals surface area contributed by atoms with E-state index < -0.39 is 21.7 Å². The highest BCUT2D eigenvalue weighted by atomic mass is 32.2.